The fourth-order valence-corrected chi connectivity index (χ4v) is 3.51. The maximum atomic E-state index is 12.5. The van der Waals surface area contributed by atoms with Crippen LogP contribution in [0.4, 0.5) is 0 Å². The number of fused-ring (bicyclic) bond motifs is 1. The summed E-state index contributed by atoms with van der Waals surface area (Å²) in [7, 11) is 0. The molecule has 0 saturated heterocycles. The van der Waals surface area contributed by atoms with Gasteiger partial charge in [0.25, 0.3) is 0 Å². The number of nitrogens with zero attached hydrogens (tertiary/aromatic N) is 1. The van der Waals surface area contributed by atoms with Crippen molar-refractivity contribution in [3.05, 3.63) is 89.2 Å². The van der Waals surface area contributed by atoms with Gasteiger partial charge < -0.3 is 15.2 Å². The highest BCUT2D eigenvalue weighted by molar-refractivity contribution is 6.01. The van der Waals surface area contributed by atoms with Crippen LogP contribution in [0.5, 0.6) is 11.5 Å². The Hall–Kier alpha value is -3.67. The van der Waals surface area contributed by atoms with E-state index in [1.807, 2.05) is 31.2 Å². The van der Waals surface area contributed by atoms with Gasteiger partial charge in [0.05, 0.1) is 18.1 Å². The van der Waals surface area contributed by atoms with E-state index >= 15 is 0 Å². The lowest BCUT2D eigenvalue weighted by atomic mass is 9.93. The summed E-state index contributed by atoms with van der Waals surface area (Å²) in [5.74, 6) is 0.650. The van der Waals surface area contributed by atoms with E-state index in [4.69, 9.17) is 15.2 Å². The minimum absolute atomic E-state index is 0.0994. The normalized spacial score (nSPS) is 16.3. The highest BCUT2D eigenvalue weighted by Crippen LogP contribution is 2.35. The monoisotopic (exact) mass is 402 g/mol. The van der Waals surface area contributed by atoms with Crippen LogP contribution in [0.25, 0.3) is 0 Å². The molecule has 6 heteroatoms. The molecule has 0 unspecified atom stereocenters. The fraction of sp³-hybridized carbons (Fsp3) is 0.208. The number of carbonyl (C=O) groups excluding carboxylic acids is 2. The van der Waals surface area contributed by atoms with E-state index in [1.165, 1.54) is 0 Å². The number of hydrogen-bond acceptors (Lipinski definition) is 5. The summed E-state index contributed by atoms with van der Waals surface area (Å²) < 4.78 is 12.1. The molecule has 2 atom stereocenters. The van der Waals surface area contributed by atoms with E-state index in [9.17, 15) is 9.59 Å². The Morgan fingerprint density at radius 3 is 2.50 bits per heavy atom. The maximum absolute atomic E-state index is 12.5. The van der Waals surface area contributed by atoms with Crippen LogP contribution < -0.4 is 15.2 Å². The van der Waals surface area contributed by atoms with Crippen LogP contribution in [0.1, 0.15) is 51.3 Å². The molecule has 2 aromatic carbocycles. The number of pyridine rings is 1. The molecule has 2 N–H and O–H groups in total. The van der Waals surface area contributed by atoms with Crippen molar-refractivity contribution in [2.24, 2.45) is 11.7 Å². The molecule has 4 rings (SSSR count). The van der Waals surface area contributed by atoms with Gasteiger partial charge in [0, 0.05) is 24.0 Å². The van der Waals surface area contributed by atoms with Crippen molar-refractivity contribution in [2.75, 3.05) is 6.61 Å². The predicted molar refractivity (Wildman–Crippen MR) is 112 cm³/mol. The van der Waals surface area contributed by atoms with Gasteiger partial charge in [-0.25, -0.2) is 0 Å². The molecule has 152 valence electrons. The van der Waals surface area contributed by atoms with Crippen LogP contribution >= 0.6 is 0 Å². The Labute approximate surface area is 174 Å². The number of carbonyl (C=O) groups is 2. The Balaban J connectivity index is 1.66. The average molecular weight is 402 g/mol. The van der Waals surface area contributed by atoms with E-state index < -0.39 is 12.0 Å². The van der Waals surface area contributed by atoms with E-state index in [1.54, 1.807) is 42.7 Å². The number of ketones is 1. The lowest BCUT2D eigenvalue weighted by Crippen LogP contribution is -2.27. The molecule has 0 radical (unpaired) electrons. The van der Waals surface area contributed by atoms with Crippen LogP contribution in [-0.2, 0) is 0 Å². The van der Waals surface area contributed by atoms with Gasteiger partial charge in [0.15, 0.2) is 5.78 Å². The van der Waals surface area contributed by atoms with E-state index in [0.717, 1.165) is 17.5 Å². The van der Waals surface area contributed by atoms with Crippen molar-refractivity contribution in [1.82, 2.24) is 4.98 Å². The topological polar surface area (TPSA) is 91.5 Å². The SMILES string of the molecule is CC[C@H]1COc2cc(O[C@@H](c3ccncc3)c3ccc(C(N)=O)cc3)ccc2C1=O. The third-order valence-corrected chi connectivity index (χ3v) is 5.28. The number of rotatable bonds is 6. The van der Waals surface area contributed by atoms with Gasteiger partial charge >= 0.3 is 0 Å². The first kappa shape index (κ1) is 19.6. The standard InChI is InChI=1S/C24H22N2O4/c1-2-15-14-29-21-13-19(7-8-20(21)22(15)27)30-23(17-9-11-26-12-10-17)16-3-5-18(6-4-16)24(25)28/h3-13,15,23H,2,14H2,1H3,(H2,25,28)/t15-,23+/m0/s1. The fourth-order valence-electron chi connectivity index (χ4n) is 3.51. The van der Waals surface area contributed by atoms with Crippen molar-refractivity contribution < 1.29 is 19.1 Å². The van der Waals surface area contributed by atoms with Crippen molar-refractivity contribution in [3.63, 3.8) is 0 Å². The summed E-state index contributed by atoms with van der Waals surface area (Å²) in [6, 6.07) is 16.0. The van der Waals surface area contributed by atoms with Gasteiger partial charge in [-0.2, -0.15) is 0 Å². The average Bonchev–Trinajstić information content (AvgIpc) is 2.78. The number of nitrogens with two attached hydrogens (primary N) is 1. The molecular weight excluding hydrogens is 380 g/mol. The first-order chi connectivity index (χ1) is 14.6. The minimum atomic E-state index is -0.482. The number of primary amides is 1. The molecule has 0 saturated carbocycles. The lowest BCUT2D eigenvalue weighted by molar-refractivity contribution is 0.0825. The van der Waals surface area contributed by atoms with Crippen LogP contribution in [0.15, 0.2) is 67.0 Å². The zero-order valence-corrected chi connectivity index (χ0v) is 16.6. The minimum Gasteiger partial charge on any atom is -0.492 e. The molecule has 1 aliphatic rings. The number of amides is 1. The second-order valence-electron chi connectivity index (χ2n) is 7.20. The van der Waals surface area contributed by atoms with E-state index in [2.05, 4.69) is 4.98 Å². The molecule has 3 aromatic rings. The Morgan fingerprint density at radius 2 is 1.83 bits per heavy atom. The summed E-state index contributed by atoms with van der Waals surface area (Å²) in [5.41, 5.74) is 8.12. The molecule has 30 heavy (non-hydrogen) atoms. The molecule has 1 aromatic heterocycles. The Bertz CT molecular complexity index is 1060. The van der Waals surface area contributed by atoms with Crippen molar-refractivity contribution in [1.29, 1.82) is 0 Å². The van der Waals surface area contributed by atoms with Gasteiger partial charge in [0.2, 0.25) is 5.91 Å². The molecule has 0 bridgehead atoms. The molecule has 2 heterocycles. The molecular formula is C24H22N2O4. The largest absolute Gasteiger partial charge is 0.492 e. The summed E-state index contributed by atoms with van der Waals surface area (Å²) in [6.07, 6.45) is 3.71. The summed E-state index contributed by atoms with van der Waals surface area (Å²) in [4.78, 5) is 28.0. The lowest BCUT2D eigenvalue weighted by Gasteiger charge is -2.25. The van der Waals surface area contributed by atoms with Gasteiger partial charge in [-0.15, -0.1) is 0 Å². The number of benzene rings is 2. The Morgan fingerprint density at radius 1 is 1.13 bits per heavy atom. The summed E-state index contributed by atoms with van der Waals surface area (Å²) in [6.45, 7) is 2.37. The first-order valence-corrected chi connectivity index (χ1v) is 9.84. The van der Waals surface area contributed by atoms with Crippen LogP contribution in [0.2, 0.25) is 0 Å². The smallest absolute Gasteiger partial charge is 0.248 e. The van der Waals surface area contributed by atoms with Gasteiger partial charge in [-0.3, -0.25) is 14.6 Å². The molecule has 1 amide bonds. The third-order valence-electron chi connectivity index (χ3n) is 5.28. The highest BCUT2D eigenvalue weighted by atomic mass is 16.5. The molecule has 0 spiro atoms. The van der Waals surface area contributed by atoms with E-state index in [0.29, 0.717) is 29.2 Å². The number of aromatic nitrogens is 1. The van der Waals surface area contributed by atoms with Crippen molar-refractivity contribution in [2.45, 2.75) is 19.4 Å². The van der Waals surface area contributed by atoms with Gasteiger partial charge in [-0.1, -0.05) is 19.1 Å². The van der Waals surface area contributed by atoms with E-state index in [-0.39, 0.29) is 11.7 Å². The number of hydrogen-bond donors (Lipinski definition) is 1. The number of Topliss-reactive ketones (excluding diaryl/α,β-unsaturated/α-hetero) is 1. The predicted octanol–water partition coefficient (Wildman–Crippen LogP) is 3.95. The number of ether oxygens (including phenoxy) is 2. The van der Waals surface area contributed by atoms with Crippen LogP contribution in [0.3, 0.4) is 0 Å². The van der Waals surface area contributed by atoms with Crippen molar-refractivity contribution >= 4 is 11.7 Å². The third kappa shape index (κ3) is 3.89. The summed E-state index contributed by atoms with van der Waals surface area (Å²) in [5, 5.41) is 0. The van der Waals surface area contributed by atoms with Crippen molar-refractivity contribution in [3.8, 4) is 11.5 Å². The summed E-state index contributed by atoms with van der Waals surface area (Å²) >= 11 is 0. The molecule has 0 fully saturated rings. The van der Waals surface area contributed by atoms with Crippen LogP contribution in [-0.4, -0.2) is 23.3 Å². The maximum Gasteiger partial charge on any atom is 0.248 e. The highest BCUT2D eigenvalue weighted by Gasteiger charge is 2.28. The molecule has 0 aliphatic carbocycles. The second kappa shape index (κ2) is 8.37. The second-order valence-corrected chi connectivity index (χ2v) is 7.20. The van der Waals surface area contributed by atoms with Gasteiger partial charge in [-0.05, 0) is 53.9 Å². The Kier molecular flexibility index (Phi) is 5.48. The zero-order chi connectivity index (χ0) is 21.1. The quantitative estimate of drug-likeness (QED) is 0.674. The zero-order valence-electron chi connectivity index (χ0n) is 16.6. The molecule has 1 aliphatic heterocycles. The molecule has 6 nitrogen and oxygen atoms in total. The van der Waals surface area contributed by atoms with Crippen LogP contribution in [0, 0.1) is 5.92 Å². The van der Waals surface area contributed by atoms with Gasteiger partial charge in [0.1, 0.15) is 17.6 Å². The first-order valence-electron chi connectivity index (χ1n) is 9.84.